The standard InChI is InChI=1S/C16H23F3N4O2S/c1-2-20-15(21-8-10-23-9-3-11-26(23,24)25)22-12-13-4-6-14(7-5-13)16(17,18)19/h4-7H,2-3,8-12H2,1H3,(H2,20,21,22). The molecule has 0 atom stereocenters. The number of halogens is 3. The molecule has 0 radical (unpaired) electrons. The molecule has 1 heterocycles. The van der Waals surface area contributed by atoms with Crippen LogP contribution < -0.4 is 10.6 Å². The Morgan fingerprint density at radius 3 is 2.46 bits per heavy atom. The van der Waals surface area contributed by atoms with Crippen LogP contribution in [-0.4, -0.2) is 50.6 Å². The van der Waals surface area contributed by atoms with Gasteiger partial charge in [0.2, 0.25) is 10.0 Å². The van der Waals surface area contributed by atoms with Crippen molar-refractivity contribution in [2.45, 2.75) is 26.1 Å². The molecule has 0 aliphatic carbocycles. The number of alkyl halides is 3. The molecule has 6 nitrogen and oxygen atoms in total. The second-order valence-electron chi connectivity index (χ2n) is 5.89. The van der Waals surface area contributed by atoms with Gasteiger partial charge in [0.05, 0.1) is 17.9 Å². The molecule has 0 bridgehead atoms. The second-order valence-corrected chi connectivity index (χ2v) is 7.97. The molecule has 2 rings (SSSR count). The van der Waals surface area contributed by atoms with Crippen molar-refractivity contribution in [1.29, 1.82) is 0 Å². The Morgan fingerprint density at radius 2 is 1.92 bits per heavy atom. The summed E-state index contributed by atoms with van der Waals surface area (Å²) in [7, 11) is -3.13. The number of hydrogen-bond donors (Lipinski definition) is 2. The zero-order valence-corrected chi connectivity index (χ0v) is 15.3. The number of benzene rings is 1. The van der Waals surface area contributed by atoms with Gasteiger partial charge >= 0.3 is 6.18 Å². The summed E-state index contributed by atoms with van der Waals surface area (Å²) in [5, 5.41) is 6.07. The van der Waals surface area contributed by atoms with Crippen molar-refractivity contribution in [2.75, 3.05) is 31.9 Å². The van der Waals surface area contributed by atoms with E-state index in [9.17, 15) is 21.6 Å². The number of sulfonamides is 1. The summed E-state index contributed by atoms with van der Waals surface area (Å²) in [5.41, 5.74) is -0.0422. The summed E-state index contributed by atoms with van der Waals surface area (Å²) in [5.74, 6) is 0.679. The lowest BCUT2D eigenvalue weighted by Crippen LogP contribution is -2.42. The topological polar surface area (TPSA) is 73.8 Å². The van der Waals surface area contributed by atoms with Crippen LogP contribution in [0.1, 0.15) is 24.5 Å². The molecular weight excluding hydrogens is 369 g/mol. The van der Waals surface area contributed by atoms with E-state index in [1.807, 2.05) is 6.92 Å². The second kappa shape index (κ2) is 8.72. The third-order valence-electron chi connectivity index (χ3n) is 3.90. The number of rotatable bonds is 6. The van der Waals surface area contributed by atoms with Crippen molar-refractivity contribution < 1.29 is 21.6 Å². The zero-order valence-electron chi connectivity index (χ0n) is 14.5. The first kappa shape index (κ1) is 20.5. The Labute approximate surface area is 151 Å². The SMILES string of the molecule is CCNC(=NCc1ccc(C(F)(F)F)cc1)NCCN1CCCS1(=O)=O. The Hall–Kier alpha value is -1.81. The first-order chi connectivity index (χ1) is 12.2. The Morgan fingerprint density at radius 1 is 1.23 bits per heavy atom. The molecule has 10 heteroatoms. The van der Waals surface area contributed by atoms with Gasteiger partial charge in [-0.2, -0.15) is 13.2 Å². The molecule has 0 aromatic heterocycles. The average molecular weight is 392 g/mol. The van der Waals surface area contributed by atoms with Crippen molar-refractivity contribution in [1.82, 2.24) is 14.9 Å². The summed E-state index contributed by atoms with van der Waals surface area (Å²) < 4.78 is 62.6. The summed E-state index contributed by atoms with van der Waals surface area (Å²) in [6.07, 6.45) is -3.71. The fourth-order valence-corrected chi connectivity index (χ4v) is 4.08. The quantitative estimate of drug-likeness (QED) is 0.572. The zero-order chi connectivity index (χ0) is 19.2. The lowest BCUT2D eigenvalue weighted by molar-refractivity contribution is -0.137. The summed E-state index contributed by atoms with van der Waals surface area (Å²) in [6, 6.07) is 4.85. The lowest BCUT2D eigenvalue weighted by atomic mass is 10.1. The van der Waals surface area contributed by atoms with Crippen LogP contribution in [0.4, 0.5) is 13.2 Å². The Kier molecular flexibility index (Phi) is 6.87. The van der Waals surface area contributed by atoms with Crippen LogP contribution >= 0.6 is 0 Å². The van der Waals surface area contributed by atoms with Crippen LogP contribution in [0, 0.1) is 0 Å². The largest absolute Gasteiger partial charge is 0.416 e. The molecule has 1 aromatic carbocycles. The third kappa shape index (κ3) is 5.87. The van der Waals surface area contributed by atoms with Crippen molar-refractivity contribution in [3.05, 3.63) is 35.4 Å². The minimum Gasteiger partial charge on any atom is -0.357 e. The van der Waals surface area contributed by atoms with E-state index < -0.39 is 21.8 Å². The maximum atomic E-state index is 12.6. The van der Waals surface area contributed by atoms with Gasteiger partial charge in [0.25, 0.3) is 0 Å². The molecule has 1 fully saturated rings. The molecule has 0 unspecified atom stereocenters. The van der Waals surface area contributed by atoms with Gasteiger partial charge in [-0.3, -0.25) is 0 Å². The molecule has 26 heavy (non-hydrogen) atoms. The number of guanidine groups is 1. The van der Waals surface area contributed by atoms with Gasteiger partial charge in [-0.15, -0.1) is 0 Å². The summed E-state index contributed by atoms with van der Waals surface area (Å²) in [4.78, 5) is 4.32. The van der Waals surface area contributed by atoms with E-state index in [0.717, 1.165) is 12.1 Å². The van der Waals surface area contributed by atoms with E-state index in [1.165, 1.54) is 16.4 Å². The van der Waals surface area contributed by atoms with Gasteiger partial charge in [-0.05, 0) is 31.0 Å². The normalized spacial score (nSPS) is 18.1. The fourth-order valence-electron chi connectivity index (χ4n) is 2.55. The van der Waals surface area contributed by atoms with Gasteiger partial charge in [0.1, 0.15) is 0 Å². The number of nitrogens with zero attached hydrogens (tertiary/aromatic N) is 2. The molecule has 146 valence electrons. The van der Waals surface area contributed by atoms with E-state index in [-0.39, 0.29) is 12.3 Å². The molecule has 1 saturated heterocycles. The van der Waals surface area contributed by atoms with Crippen molar-refractivity contribution in [2.24, 2.45) is 4.99 Å². The molecule has 0 spiro atoms. The van der Waals surface area contributed by atoms with E-state index in [0.29, 0.717) is 44.1 Å². The highest BCUT2D eigenvalue weighted by molar-refractivity contribution is 7.89. The Bertz CT molecular complexity index is 718. The summed E-state index contributed by atoms with van der Waals surface area (Å²) in [6.45, 7) is 4.00. The average Bonchev–Trinajstić information content (AvgIpc) is 2.91. The third-order valence-corrected chi connectivity index (χ3v) is 5.86. The van der Waals surface area contributed by atoms with Gasteiger partial charge < -0.3 is 10.6 Å². The number of hydrogen-bond acceptors (Lipinski definition) is 3. The highest BCUT2D eigenvalue weighted by Gasteiger charge is 2.30. The van der Waals surface area contributed by atoms with Crippen LogP contribution in [0.25, 0.3) is 0 Å². The van der Waals surface area contributed by atoms with Crippen LogP contribution in [0.15, 0.2) is 29.3 Å². The Balaban J connectivity index is 1.89. The van der Waals surface area contributed by atoms with E-state index in [2.05, 4.69) is 15.6 Å². The number of aliphatic imine (C=N–C) groups is 1. The molecule has 1 aliphatic heterocycles. The maximum Gasteiger partial charge on any atom is 0.416 e. The monoisotopic (exact) mass is 392 g/mol. The van der Waals surface area contributed by atoms with Gasteiger partial charge in [0.15, 0.2) is 5.96 Å². The van der Waals surface area contributed by atoms with E-state index in [1.54, 1.807) is 0 Å². The lowest BCUT2D eigenvalue weighted by Gasteiger charge is -2.16. The molecule has 0 amide bonds. The van der Waals surface area contributed by atoms with Crippen molar-refractivity contribution >= 4 is 16.0 Å². The van der Waals surface area contributed by atoms with Gasteiger partial charge in [-0.1, -0.05) is 12.1 Å². The first-order valence-corrected chi connectivity index (χ1v) is 9.99. The van der Waals surface area contributed by atoms with E-state index >= 15 is 0 Å². The minimum atomic E-state index is -4.35. The minimum absolute atomic E-state index is 0.190. The van der Waals surface area contributed by atoms with Crippen LogP contribution in [0.5, 0.6) is 0 Å². The molecule has 1 aliphatic rings. The predicted octanol–water partition coefficient (Wildman–Crippen LogP) is 1.80. The molecule has 1 aromatic rings. The number of nitrogens with one attached hydrogen (secondary N) is 2. The first-order valence-electron chi connectivity index (χ1n) is 8.38. The smallest absolute Gasteiger partial charge is 0.357 e. The highest BCUT2D eigenvalue weighted by atomic mass is 32.2. The summed E-state index contributed by atoms with van der Waals surface area (Å²) >= 11 is 0. The fraction of sp³-hybridized carbons (Fsp3) is 0.562. The van der Waals surface area contributed by atoms with Crippen LogP contribution in [0.3, 0.4) is 0 Å². The maximum absolute atomic E-state index is 12.6. The van der Waals surface area contributed by atoms with Crippen LogP contribution in [0.2, 0.25) is 0 Å². The molecule has 2 N–H and O–H groups in total. The molecular formula is C16H23F3N4O2S. The van der Waals surface area contributed by atoms with Crippen molar-refractivity contribution in [3.8, 4) is 0 Å². The predicted molar refractivity (Wildman–Crippen MR) is 94.2 cm³/mol. The van der Waals surface area contributed by atoms with Crippen molar-refractivity contribution in [3.63, 3.8) is 0 Å². The highest BCUT2D eigenvalue weighted by Crippen LogP contribution is 2.29. The molecule has 0 saturated carbocycles. The van der Waals surface area contributed by atoms with Gasteiger partial charge in [-0.25, -0.2) is 17.7 Å². The van der Waals surface area contributed by atoms with Gasteiger partial charge in [0, 0.05) is 26.2 Å². The van der Waals surface area contributed by atoms with Crippen LogP contribution in [-0.2, 0) is 22.7 Å². The van der Waals surface area contributed by atoms with E-state index in [4.69, 9.17) is 0 Å².